The van der Waals surface area contributed by atoms with Gasteiger partial charge >= 0.3 is 0 Å². The number of rotatable bonds is 7. The average molecular weight is 409 g/mol. The lowest BCUT2D eigenvalue weighted by atomic mass is 10.0. The number of nitrogens with zero attached hydrogens (tertiary/aromatic N) is 2. The molecule has 0 spiro atoms. The van der Waals surface area contributed by atoms with Crippen molar-refractivity contribution >= 4 is 36.1 Å². The summed E-state index contributed by atoms with van der Waals surface area (Å²) in [5.74, 6) is 0.455. The van der Waals surface area contributed by atoms with Gasteiger partial charge in [0.1, 0.15) is 5.84 Å². The first kappa shape index (κ1) is 21.1. The maximum atomic E-state index is 13.1. The summed E-state index contributed by atoms with van der Waals surface area (Å²) in [5.41, 5.74) is 16.2. The summed E-state index contributed by atoms with van der Waals surface area (Å²) in [5, 5.41) is 0. The first-order valence-electron chi connectivity index (χ1n) is 9.98. The van der Waals surface area contributed by atoms with Gasteiger partial charge in [-0.25, -0.2) is 4.99 Å². The van der Waals surface area contributed by atoms with Crippen LogP contribution in [0.2, 0.25) is 0 Å². The third-order valence-corrected chi connectivity index (χ3v) is 5.14. The number of hydrogen-bond acceptors (Lipinski definition) is 5. The van der Waals surface area contributed by atoms with Crippen LogP contribution < -0.4 is 11.5 Å². The summed E-state index contributed by atoms with van der Waals surface area (Å²) in [4.78, 5) is 20.5. The molecule has 1 aliphatic rings. The summed E-state index contributed by atoms with van der Waals surface area (Å²) >= 11 is 4.42. The molecule has 0 aliphatic carbocycles. The zero-order chi connectivity index (χ0) is 20.8. The van der Waals surface area contributed by atoms with Crippen molar-refractivity contribution in [1.82, 2.24) is 4.90 Å². The number of benzene rings is 2. The van der Waals surface area contributed by atoms with Crippen LogP contribution in [-0.4, -0.2) is 36.3 Å². The molecule has 2 aromatic rings. The van der Waals surface area contributed by atoms with Gasteiger partial charge in [0.25, 0.3) is 0 Å². The Morgan fingerprint density at radius 2 is 1.97 bits per heavy atom. The van der Waals surface area contributed by atoms with Crippen molar-refractivity contribution in [2.45, 2.75) is 31.1 Å². The van der Waals surface area contributed by atoms with Gasteiger partial charge in [0.15, 0.2) is 0 Å². The van der Waals surface area contributed by atoms with Crippen molar-refractivity contribution in [2.24, 2.45) is 16.5 Å². The second-order valence-corrected chi connectivity index (χ2v) is 7.72. The Bertz CT molecular complexity index is 952. The molecule has 0 atom stereocenters. The van der Waals surface area contributed by atoms with E-state index in [2.05, 4.69) is 24.5 Å². The van der Waals surface area contributed by atoms with E-state index in [1.165, 1.54) is 0 Å². The second kappa shape index (κ2) is 9.76. The molecular weight excluding hydrogens is 380 g/mol. The summed E-state index contributed by atoms with van der Waals surface area (Å²) < 4.78 is 0. The predicted molar refractivity (Wildman–Crippen MR) is 124 cm³/mol. The Hall–Kier alpha value is -2.57. The van der Waals surface area contributed by atoms with Crippen LogP contribution >= 0.6 is 12.6 Å². The minimum Gasteiger partial charge on any atom is -0.387 e. The Kier molecular flexibility index (Phi) is 7.12. The van der Waals surface area contributed by atoms with Crippen LogP contribution in [0.3, 0.4) is 0 Å². The number of aliphatic imine (C=N–C) groups is 1. The molecular formula is C23H28N4OS. The van der Waals surface area contributed by atoms with Crippen molar-refractivity contribution in [3.8, 4) is 11.1 Å². The van der Waals surface area contributed by atoms with Crippen molar-refractivity contribution in [2.75, 3.05) is 19.6 Å². The van der Waals surface area contributed by atoms with E-state index in [0.717, 1.165) is 40.1 Å². The Labute approximate surface area is 177 Å². The molecule has 3 rings (SSSR count). The van der Waals surface area contributed by atoms with Gasteiger partial charge in [0, 0.05) is 35.5 Å². The number of hydrogen-bond donors (Lipinski definition) is 3. The normalized spacial score (nSPS) is 13.2. The highest BCUT2D eigenvalue weighted by Gasteiger charge is 2.21. The first-order valence-corrected chi connectivity index (χ1v) is 10.4. The van der Waals surface area contributed by atoms with Crippen LogP contribution in [0.4, 0.5) is 5.69 Å². The van der Waals surface area contributed by atoms with E-state index in [4.69, 9.17) is 11.5 Å². The number of nitrogens with two attached hydrogens (primary N) is 2. The van der Waals surface area contributed by atoms with Gasteiger partial charge in [-0.1, -0.05) is 31.2 Å². The fourth-order valence-electron chi connectivity index (χ4n) is 3.46. The van der Waals surface area contributed by atoms with Crippen LogP contribution in [0.5, 0.6) is 0 Å². The van der Waals surface area contributed by atoms with E-state index in [1.807, 2.05) is 53.4 Å². The molecule has 0 saturated carbocycles. The lowest BCUT2D eigenvalue weighted by Crippen LogP contribution is -2.35. The smallest absolute Gasteiger partial charge is 0.250 e. The highest BCUT2D eigenvalue weighted by molar-refractivity contribution is 7.80. The molecule has 0 radical (unpaired) electrons. The van der Waals surface area contributed by atoms with Crippen LogP contribution in [0.15, 0.2) is 57.9 Å². The molecule has 0 fully saturated rings. The van der Waals surface area contributed by atoms with Gasteiger partial charge in [-0.15, -0.1) is 12.6 Å². The molecule has 29 heavy (non-hydrogen) atoms. The van der Waals surface area contributed by atoms with Gasteiger partial charge in [0.05, 0.1) is 5.69 Å². The highest BCUT2D eigenvalue weighted by Crippen LogP contribution is 2.32. The zero-order valence-electron chi connectivity index (χ0n) is 16.8. The molecule has 1 amide bonds. The second-order valence-electron chi connectivity index (χ2n) is 7.21. The van der Waals surface area contributed by atoms with E-state index in [1.54, 1.807) is 0 Å². The zero-order valence-corrected chi connectivity index (χ0v) is 17.7. The number of amidine groups is 1. The lowest BCUT2D eigenvalue weighted by molar-refractivity contribution is -0.127. The molecule has 5 nitrogen and oxygen atoms in total. The highest BCUT2D eigenvalue weighted by atomic mass is 32.1. The van der Waals surface area contributed by atoms with E-state index in [0.29, 0.717) is 37.5 Å². The molecule has 2 aromatic carbocycles. The van der Waals surface area contributed by atoms with E-state index in [9.17, 15) is 4.79 Å². The molecule has 0 bridgehead atoms. The van der Waals surface area contributed by atoms with Gasteiger partial charge in [-0.2, -0.15) is 0 Å². The summed E-state index contributed by atoms with van der Waals surface area (Å²) in [6, 6.07) is 14.0. The molecule has 1 aliphatic heterocycles. The van der Waals surface area contributed by atoms with Gasteiger partial charge < -0.3 is 16.4 Å². The Morgan fingerprint density at radius 3 is 2.69 bits per heavy atom. The third-order valence-electron chi connectivity index (χ3n) is 4.86. The van der Waals surface area contributed by atoms with Crippen molar-refractivity contribution in [3.05, 3.63) is 53.6 Å². The third kappa shape index (κ3) is 5.28. The molecule has 1 heterocycles. The van der Waals surface area contributed by atoms with Crippen LogP contribution in [-0.2, 0) is 4.79 Å². The van der Waals surface area contributed by atoms with Crippen LogP contribution in [0, 0.1) is 0 Å². The molecule has 6 heteroatoms. The van der Waals surface area contributed by atoms with Crippen molar-refractivity contribution in [1.29, 1.82) is 0 Å². The maximum absolute atomic E-state index is 13.1. The lowest BCUT2D eigenvalue weighted by Gasteiger charge is -2.23. The molecule has 4 N–H and O–H groups in total. The maximum Gasteiger partial charge on any atom is 0.250 e. The number of carbonyl (C=O) groups is 1. The topological polar surface area (TPSA) is 84.7 Å². The first-order chi connectivity index (χ1) is 14.0. The Balaban J connectivity index is 1.94. The predicted octanol–water partition coefficient (Wildman–Crippen LogP) is 4.01. The number of carbonyl (C=O) groups excluding carboxylic acids is 1. The van der Waals surface area contributed by atoms with E-state index in [-0.39, 0.29) is 5.91 Å². The number of fused-ring (bicyclic) bond motifs is 1. The van der Waals surface area contributed by atoms with Gasteiger partial charge in [-0.3, -0.25) is 4.79 Å². The monoisotopic (exact) mass is 408 g/mol. The molecule has 0 unspecified atom stereocenters. The molecule has 0 aromatic heterocycles. The van der Waals surface area contributed by atoms with Crippen molar-refractivity contribution < 1.29 is 4.79 Å². The average Bonchev–Trinajstić information content (AvgIpc) is 2.88. The minimum atomic E-state index is 0.0122. The largest absolute Gasteiger partial charge is 0.387 e. The summed E-state index contributed by atoms with van der Waals surface area (Å²) in [7, 11) is 0. The standard InChI is InChI=1S/C23H28N4OS/c1-2-10-27(11-4-9-24)23(28)19-12-18-8-7-17(14-21(18)26-22(25)15-19)16-5-3-6-20(29)13-16/h3,5-8,12-14,29H,2,4,9-11,15,24H2,1H3,(H2,25,26). The quantitative estimate of drug-likeness (QED) is 0.605. The van der Waals surface area contributed by atoms with E-state index >= 15 is 0 Å². The molecule has 152 valence electrons. The fraction of sp³-hybridized carbons (Fsp3) is 0.304. The SMILES string of the molecule is CCCN(CCCN)C(=O)C1=Cc2ccc(-c3cccc(S)c3)cc2N=C(N)C1. The summed E-state index contributed by atoms with van der Waals surface area (Å²) in [6.45, 7) is 3.99. The number of amides is 1. The van der Waals surface area contributed by atoms with Crippen LogP contribution in [0.25, 0.3) is 17.2 Å². The van der Waals surface area contributed by atoms with Crippen LogP contribution in [0.1, 0.15) is 31.7 Å². The van der Waals surface area contributed by atoms with Gasteiger partial charge in [0.2, 0.25) is 5.91 Å². The Morgan fingerprint density at radius 1 is 1.17 bits per heavy atom. The van der Waals surface area contributed by atoms with Gasteiger partial charge in [-0.05, 0) is 54.8 Å². The number of thiol groups is 1. The fourth-order valence-corrected chi connectivity index (χ4v) is 3.69. The minimum absolute atomic E-state index is 0.0122. The summed E-state index contributed by atoms with van der Waals surface area (Å²) in [6.07, 6.45) is 3.95. The van der Waals surface area contributed by atoms with E-state index < -0.39 is 0 Å². The molecule has 0 saturated heterocycles. The van der Waals surface area contributed by atoms with Crippen molar-refractivity contribution in [3.63, 3.8) is 0 Å².